The Morgan fingerprint density at radius 3 is 2.18 bits per heavy atom. The van der Waals surface area contributed by atoms with Gasteiger partial charge in [-0.1, -0.05) is 0 Å². The number of alkyl halides is 6. The Balaban J connectivity index is 1.22. The number of nitrogens with zero attached hydrogens (tertiary/aromatic N) is 1. The molecule has 0 aromatic heterocycles. The molecule has 0 radical (unpaired) electrons. The number of hydrogen-bond acceptors (Lipinski definition) is 11. The average molecular weight is 683 g/mol. The summed E-state index contributed by atoms with van der Waals surface area (Å²) in [5, 5.41) is 8.67. The van der Waals surface area contributed by atoms with Crippen molar-refractivity contribution in [3.8, 4) is 0 Å². The number of hydrazine groups is 1. The normalized spacial score (nSPS) is 48.0. The first-order valence-corrected chi connectivity index (χ1v) is 17.9. The summed E-state index contributed by atoms with van der Waals surface area (Å²) in [5.41, 5.74) is 5.96. The molecule has 0 aromatic rings. The van der Waals surface area contributed by atoms with Crippen LogP contribution in [0, 0.1) is 5.92 Å². The van der Waals surface area contributed by atoms with Crippen LogP contribution in [-0.2, 0) is 19.3 Å². The maximum Gasteiger partial charge on any atom is 0.168 e. The number of halogens is 6. The second-order valence-corrected chi connectivity index (χ2v) is 16.1. The molecule has 13 unspecified atom stereocenters. The Hall–Kier alpha value is -0.440. The molecule has 0 spiro atoms. The highest BCUT2D eigenvalue weighted by Gasteiger charge is 2.55. The second kappa shape index (κ2) is 14.8. The van der Waals surface area contributed by atoms with Gasteiger partial charge in [0, 0.05) is 37.4 Å². The summed E-state index contributed by atoms with van der Waals surface area (Å²) >= 11 is 1.30. The van der Waals surface area contributed by atoms with Gasteiger partial charge in [-0.3, -0.25) is 26.3 Å². The van der Waals surface area contributed by atoms with E-state index in [2.05, 4.69) is 38.6 Å². The van der Waals surface area contributed by atoms with Crippen molar-refractivity contribution in [2.75, 3.05) is 39.2 Å². The summed E-state index contributed by atoms with van der Waals surface area (Å²) in [7, 11) is -2.71. The van der Waals surface area contributed by atoms with Gasteiger partial charge in [-0.15, -0.1) is 11.8 Å². The van der Waals surface area contributed by atoms with Gasteiger partial charge < -0.3 is 9.47 Å². The molecule has 0 aromatic carbocycles. The van der Waals surface area contributed by atoms with Crippen LogP contribution in [0.2, 0.25) is 0 Å². The molecular formula is C26H44F6N6O4S2. The van der Waals surface area contributed by atoms with Crippen LogP contribution < -0.4 is 26.8 Å². The Kier molecular flexibility index (Phi) is 11.7. The third-order valence-electron chi connectivity index (χ3n) is 9.42. The monoisotopic (exact) mass is 682 g/mol. The van der Waals surface area contributed by atoms with Gasteiger partial charge in [-0.2, -0.15) is 0 Å². The van der Waals surface area contributed by atoms with E-state index in [0.29, 0.717) is 26.3 Å². The van der Waals surface area contributed by atoms with Crippen molar-refractivity contribution in [2.24, 2.45) is 5.92 Å². The second-order valence-electron chi connectivity index (χ2n) is 12.5. The molecule has 0 bridgehead atoms. The van der Waals surface area contributed by atoms with E-state index < -0.39 is 81.0 Å². The molecule has 256 valence electrons. The number of ether oxygens (including phenoxy) is 2. The van der Waals surface area contributed by atoms with E-state index in [4.69, 9.17) is 9.47 Å². The SMILES string of the molecule is COC1C(NC2CC(C)NN2)NC(SC2CCC(S(=O)(=O)CC3C(F)C(F)C(F)C(F)C3F)CC2F)NC1N1CCOCC1. The number of morpholine rings is 1. The molecule has 18 heteroatoms. The van der Waals surface area contributed by atoms with E-state index in [0.717, 1.165) is 6.42 Å². The third-order valence-corrected chi connectivity index (χ3v) is 13.1. The summed E-state index contributed by atoms with van der Waals surface area (Å²) in [6.45, 7) is 4.54. The molecule has 2 aliphatic carbocycles. The van der Waals surface area contributed by atoms with Gasteiger partial charge in [0.05, 0.1) is 42.7 Å². The van der Waals surface area contributed by atoms with Crippen LogP contribution in [0.4, 0.5) is 26.3 Å². The predicted octanol–water partition coefficient (Wildman–Crippen LogP) is 0.992. The lowest BCUT2D eigenvalue weighted by Gasteiger charge is -2.49. The summed E-state index contributed by atoms with van der Waals surface area (Å²) in [4.78, 5) is 2.22. The molecule has 3 saturated heterocycles. The van der Waals surface area contributed by atoms with E-state index in [1.807, 2.05) is 0 Å². The first kappa shape index (κ1) is 34.9. The highest BCUT2D eigenvalue weighted by molar-refractivity contribution is 8.00. The molecule has 5 fully saturated rings. The molecule has 0 amide bonds. The number of nitrogens with one attached hydrogen (secondary N) is 5. The van der Waals surface area contributed by atoms with Crippen molar-refractivity contribution >= 4 is 21.6 Å². The van der Waals surface area contributed by atoms with Crippen LogP contribution in [0.25, 0.3) is 0 Å². The molecular weight excluding hydrogens is 638 g/mol. The highest BCUT2D eigenvalue weighted by atomic mass is 32.2. The molecule has 5 aliphatic rings. The number of sulfone groups is 1. The number of hydrogen-bond donors (Lipinski definition) is 5. The fourth-order valence-corrected chi connectivity index (χ4v) is 10.4. The molecule has 3 aliphatic heterocycles. The van der Waals surface area contributed by atoms with Crippen LogP contribution >= 0.6 is 11.8 Å². The summed E-state index contributed by atoms with van der Waals surface area (Å²) in [6, 6.07) is 0.260. The zero-order valence-electron chi connectivity index (χ0n) is 24.7. The summed E-state index contributed by atoms with van der Waals surface area (Å²) < 4.78 is 123. The Morgan fingerprint density at radius 1 is 0.932 bits per heavy atom. The maximum absolute atomic E-state index is 15.6. The average Bonchev–Trinajstić information content (AvgIpc) is 3.42. The van der Waals surface area contributed by atoms with Crippen molar-refractivity contribution in [3.63, 3.8) is 0 Å². The number of methoxy groups -OCH3 is 1. The number of thioether (sulfide) groups is 1. The quantitative estimate of drug-likeness (QED) is 0.225. The first-order valence-electron chi connectivity index (χ1n) is 15.2. The zero-order valence-corrected chi connectivity index (χ0v) is 26.3. The summed E-state index contributed by atoms with van der Waals surface area (Å²) in [6.07, 6.45) is -16.5. The Labute approximate surface area is 258 Å². The lowest BCUT2D eigenvalue weighted by molar-refractivity contribution is -0.0829. The minimum atomic E-state index is -4.34. The van der Waals surface area contributed by atoms with E-state index in [1.165, 1.54) is 11.8 Å². The smallest absolute Gasteiger partial charge is 0.168 e. The topological polar surface area (TPSA) is 116 Å². The van der Waals surface area contributed by atoms with Gasteiger partial charge >= 0.3 is 0 Å². The fraction of sp³-hybridized carbons (Fsp3) is 1.00. The lowest BCUT2D eigenvalue weighted by Crippen LogP contribution is -2.75. The standard InChI is InChI=1S/C26H44F6N6O4S2/c1-12-9-17(37-36-12)33-24-23(41-2)25(38-5-7-42-8-6-38)35-26(34-24)43-16-4-3-13(10-15(16)27)44(39,40)11-14-18(28)20(30)22(32)21(31)19(14)29/h12-26,33-37H,3-11H2,1-2H3. The van der Waals surface area contributed by atoms with Crippen LogP contribution in [-0.4, -0.2) is 136 Å². The Morgan fingerprint density at radius 2 is 1.59 bits per heavy atom. The molecule has 5 N–H and O–H groups in total. The third kappa shape index (κ3) is 7.65. The van der Waals surface area contributed by atoms with Crippen molar-refractivity contribution < 1.29 is 44.2 Å². The molecule has 3 heterocycles. The maximum atomic E-state index is 15.6. The predicted molar refractivity (Wildman–Crippen MR) is 154 cm³/mol. The zero-order chi connectivity index (χ0) is 31.8. The van der Waals surface area contributed by atoms with Crippen LogP contribution in [0.5, 0.6) is 0 Å². The van der Waals surface area contributed by atoms with Crippen LogP contribution in [0.15, 0.2) is 0 Å². The van der Waals surface area contributed by atoms with E-state index in [9.17, 15) is 30.4 Å². The molecule has 44 heavy (non-hydrogen) atoms. The van der Waals surface area contributed by atoms with Gasteiger partial charge in [-0.05, 0) is 32.6 Å². The van der Waals surface area contributed by atoms with E-state index in [1.54, 1.807) is 7.11 Å². The van der Waals surface area contributed by atoms with Gasteiger partial charge in [0.25, 0.3) is 0 Å². The van der Waals surface area contributed by atoms with Gasteiger partial charge in [-0.25, -0.2) is 40.2 Å². The molecule has 13 atom stereocenters. The molecule has 10 nitrogen and oxygen atoms in total. The van der Waals surface area contributed by atoms with E-state index in [-0.39, 0.29) is 43.5 Å². The Bertz CT molecular complexity index is 1040. The fourth-order valence-electron chi connectivity index (χ4n) is 6.90. The minimum Gasteiger partial charge on any atom is -0.379 e. The number of rotatable bonds is 9. The van der Waals surface area contributed by atoms with E-state index >= 15 is 4.39 Å². The summed E-state index contributed by atoms with van der Waals surface area (Å²) in [5.74, 6) is -3.40. The van der Waals surface area contributed by atoms with Gasteiger partial charge in [0.1, 0.15) is 30.1 Å². The largest absolute Gasteiger partial charge is 0.379 e. The first-order chi connectivity index (χ1) is 20.9. The van der Waals surface area contributed by atoms with Crippen molar-refractivity contribution in [1.29, 1.82) is 0 Å². The van der Waals surface area contributed by atoms with Crippen molar-refractivity contribution in [3.05, 3.63) is 0 Å². The van der Waals surface area contributed by atoms with Crippen molar-refractivity contribution in [2.45, 2.75) is 116 Å². The van der Waals surface area contributed by atoms with Crippen LogP contribution in [0.1, 0.15) is 32.6 Å². The van der Waals surface area contributed by atoms with Gasteiger partial charge in [0.15, 0.2) is 28.4 Å². The molecule has 5 rings (SSSR count). The van der Waals surface area contributed by atoms with Crippen molar-refractivity contribution in [1.82, 2.24) is 31.7 Å². The molecule has 2 saturated carbocycles. The lowest BCUT2D eigenvalue weighted by atomic mass is 9.83. The van der Waals surface area contributed by atoms with Gasteiger partial charge in [0.2, 0.25) is 0 Å². The minimum absolute atomic E-state index is 0.0163. The van der Waals surface area contributed by atoms with Crippen LogP contribution in [0.3, 0.4) is 0 Å². The highest BCUT2D eigenvalue weighted by Crippen LogP contribution is 2.40.